The Kier molecular flexibility index (Phi) is 5.69. The van der Waals surface area contributed by atoms with Crippen LogP contribution in [-0.4, -0.2) is 25.8 Å². The van der Waals surface area contributed by atoms with Crippen molar-refractivity contribution in [1.82, 2.24) is 18.7 Å². The van der Waals surface area contributed by atoms with Crippen LogP contribution in [0.4, 0.5) is 0 Å². The van der Waals surface area contributed by atoms with Crippen LogP contribution in [0.3, 0.4) is 0 Å². The molecule has 0 aliphatic rings. The molecule has 0 saturated carbocycles. The zero-order chi connectivity index (χ0) is 22.1. The van der Waals surface area contributed by atoms with Gasteiger partial charge in [0.25, 0.3) is 5.56 Å². The second-order valence-corrected chi connectivity index (χ2v) is 8.24. The molecule has 0 fully saturated rings. The summed E-state index contributed by atoms with van der Waals surface area (Å²) in [7, 11) is 1.57. The summed E-state index contributed by atoms with van der Waals surface area (Å²) in [4.78, 5) is 31.2. The van der Waals surface area contributed by atoms with Gasteiger partial charge in [-0.15, -0.1) is 0 Å². The van der Waals surface area contributed by atoms with E-state index in [9.17, 15) is 9.59 Å². The third-order valence-corrected chi connectivity index (χ3v) is 5.24. The summed E-state index contributed by atoms with van der Waals surface area (Å²) in [5.74, 6) is 0.725. The van der Waals surface area contributed by atoms with E-state index < -0.39 is 5.69 Å². The summed E-state index contributed by atoms with van der Waals surface area (Å²) in [5.41, 5.74) is 1.41. The first-order valence-electron chi connectivity index (χ1n) is 9.98. The lowest BCUT2D eigenvalue weighted by Gasteiger charge is -2.14. The maximum Gasteiger partial charge on any atom is 0.337 e. The third kappa shape index (κ3) is 4.01. The quantitative estimate of drug-likeness (QED) is 0.460. The summed E-state index contributed by atoms with van der Waals surface area (Å²) in [6.07, 6.45) is 1.59. The van der Waals surface area contributed by atoms with Crippen molar-refractivity contribution < 1.29 is 4.74 Å². The van der Waals surface area contributed by atoms with Gasteiger partial charge in [-0.05, 0) is 35.7 Å². The molecular formula is C23H23ClN4O3. The van der Waals surface area contributed by atoms with Gasteiger partial charge in [-0.25, -0.2) is 14.3 Å². The number of hydrogen-bond acceptors (Lipinski definition) is 4. The molecule has 2 aromatic carbocycles. The minimum atomic E-state index is -0.424. The molecule has 7 nitrogen and oxygen atoms in total. The lowest BCUT2D eigenvalue weighted by Crippen LogP contribution is -2.41. The van der Waals surface area contributed by atoms with Gasteiger partial charge in [0.2, 0.25) is 0 Å². The molecule has 0 unspecified atom stereocenters. The van der Waals surface area contributed by atoms with Gasteiger partial charge in [-0.3, -0.25) is 9.36 Å². The fraction of sp³-hybridized carbons (Fsp3) is 0.261. The van der Waals surface area contributed by atoms with E-state index in [1.807, 2.05) is 32.0 Å². The number of fused-ring (bicyclic) bond motifs is 1. The predicted molar refractivity (Wildman–Crippen MR) is 122 cm³/mol. The highest BCUT2D eigenvalue weighted by Gasteiger charge is 2.20. The number of methoxy groups -OCH3 is 1. The lowest BCUT2D eigenvalue weighted by atomic mass is 10.2. The van der Waals surface area contributed by atoms with Crippen molar-refractivity contribution in [3.05, 3.63) is 86.3 Å². The highest BCUT2D eigenvalue weighted by Crippen LogP contribution is 2.19. The molecule has 4 rings (SSSR count). The molecule has 2 heterocycles. The molecule has 4 aromatic rings. The standard InChI is InChI=1S/C23H23ClN4O3/c1-15(2)12-27-22(29)20-21(25-14-26(20)13-16-6-4-7-17(24)10-16)28(23(27)30)18-8-5-9-19(11-18)31-3/h4-11,14-15H,12-13H2,1-3H3. The molecule has 160 valence electrons. The molecular weight excluding hydrogens is 416 g/mol. The van der Waals surface area contributed by atoms with Crippen molar-refractivity contribution in [2.75, 3.05) is 7.11 Å². The van der Waals surface area contributed by atoms with E-state index in [-0.39, 0.29) is 11.5 Å². The summed E-state index contributed by atoms with van der Waals surface area (Å²) in [5, 5.41) is 0.618. The Morgan fingerprint density at radius 1 is 1.10 bits per heavy atom. The number of rotatable bonds is 6. The van der Waals surface area contributed by atoms with Gasteiger partial charge in [0.15, 0.2) is 11.2 Å². The van der Waals surface area contributed by atoms with Crippen molar-refractivity contribution in [3.8, 4) is 11.4 Å². The first kappa shape index (κ1) is 20.9. The molecule has 0 bridgehead atoms. The highest BCUT2D eigenvalue weighted by atomic mass is 35.5. The average molecular weight is 439 g/mol. The monoisotopic (exact) mass is 438 g/mol. The van der Waals surface area contributed by atoms with E-state index >= 15 is 0 Å². The van der Waals surface area contributed by atoms with Gasteiger partial charge in [-0.1, -0.05) is 43.6 Å². The van der Waals surface area contributed by atoms with E-state index in [2.05, 4.69) is 4.98 Å². The summed E-state index contributed by atoms with van der Waals surface area (Å²) in [6, 6.07) is 14.6. The van der Waals surface area contributed by atoms with Crippen LogP contribution in [0.1, 0.15) is 19.4 Å². The number of ether oxygens (including phenoxy) is 1. The fourth-order valence-electron chi connectivity index (χ4n) is 3.64. The number of nitrogens with zero attached hydrogens (tertiary/aromatic N) is 4. The lowest BCUT2D eigenvalue weighted by molar-refractivity contribution is 0.414. The highest BCUT2D eigenvalue weighted by molar-refractivity contribution is 6.30. The molecule has 8 heteroatoms. The first-order chi connectivity index (χ1) is 14.9. The maximum atomic E-state index is 13.4. The van der Waals surface area contributed by atoms with Crippen LogP contribution in [0.5, 0.6) is 5.75 Å². The summed E-state index contributed by atoms with van der Waals surface area (Å²) >= 11 is 6.12. The van der Waals surface area contributed by atoms with Crippen molar-refractivity contribution in [2.24, 2.45) is 5.92 Å². The zero-order valence-corrected chi connectivity index (χ0v) is 18.3. The average Bonchev–Trinajstić information content (AvgIpc) is 3.14. The van der Waals surface area contributed by atoms with Crippen molar-refractivity contribution in [1.29, 1.82) is 0 Å². The van der Waals surface area contributed by atoms with E-state index in [1.54, 1.807) is 48.3 Å². The van der Waals surface area contributed by atoms with Crippen LogP contribution in [0.15, 0.2) is 64.4 Å². The minimum absolute atomic E-state index is 0.117. The Bertz CT molecular complexity index is 1370. The topological polar surface area (TPSA) is 71.1 Å². The van der Waals surface area contributed by atoms with Gasteiger partial charge < -0.3 is 9.30 Å². The van der Waals surface area contributed by atoms with Crippen molar-refractivity contribution in [3.63, 3.8) is 0 Å². The predicted octanol–water partition coefficient (Wildman–Crippen LogP) is 3.72. The van der Waals surface area contributed by atoms with Gasteiger partial charge in [0.05, 0.1) is 19.1 Å². The molecule has 0 amide bonds. The van der Waals surface area contributed by atoms with E-state index in [4.69, 9.17) is 16.3 Å². The zero-order valence-electron chi connectivity index (χ0n) is 17.6. The molecule has 31 heavy (non-hydrogen) atoms. The Morgan fingerprint density at radius 2 is 1.87 bits per heavy atom. The second-order valence-electron chi connectivity index (χ2n) is 7.80. The van der Waals surface area contributed by atoms with Crippen molar-refractivity contribution >= 4 is 22.8 Å². The molecule has 0 N–H and O–H groups in total. The summed E-state index contributed by atoms with van der Waals surface area (Å²) in [6.45, 7) is 4.65. The number of halogens is 1. The minimum Gasteiger partial charge on any atom is -0.497 e. The van der Waals surface area contributed by atoms with Crippen LogP contribution >= 0.6 is 11.6 Å². The molecule has 0 saturated heterocycles. The molecule has 0 atom stereocenters. The number of hydrogen-bond donors (Lipinski definition) is 0. The summed E-state index contributed by atoms with van der Waals surface area (Å²) < 4.78 is 9.83. The fourth-order valence-corrected chi connectivity index (χ4v) is 3.85. The van der Waals surface area contributed by atoms with E-state index in [1.165, 1.54) is 9.13 Å². The van der Waals surface area contributed by atoms with Crippen LogP contribution in [0.25, 0.3) is 16.9 Å². The van der Waals surface area contributed by atoms with Crippen LogP contribution in [0.2, 0.25) is 5.02 Å². The third-order valence-electron chi connectivity index (χ3n) is 5.00. The Labute approximate surface area is 184 Å². The molecule has 0 aliphatic heterocycles. The van der Waals surface area contributed by atoms with Crippen LogP contribution in [-0.2, 0) is 13.1 Å². The Hall–Kier alpha value is -3.32. The largest absolute Gasteiger partial charge is 0.497 e. The first-order valence-corrected chi connectivity index (χ1v) is 10.4. The van der Waals surface area contributed by atoms with Gasteiger partial charge in [0.1, 0.15) is 5.75 Å². The Morgan fingerprint density at radius 3 is 2.58 bits per heavy atom. The SMILES string of the molecule is COc1cccc(-n2c(=O)n(CC(C)C)c(=O)c3c2ncn3Cc2cccc(Cl)c2)c1. The number of benzene rings is 2. The number of aromatic nitrogens is 4. The Balaban J connectivity index is 2.00. The normalized spacial score (nSPS) is 11.4. The van der Waals surface area contributed by atoms with Gasteiger partial charge in [0, 0.05) is 24.2 Å². The van der Waals surface area contributed by atoms with Gasteiger partial charge in [-0.2, -0.15) is 0 Å². The van der Waals surface area contributed by atoms with Crippen LogP contribution in [0, 0.1) is 5.92 Å². The van der Waals surface area contributed by atoms with E-state index in [0.717, 1.165) is 5.56 Å². The number of imidazole rings is 1. The molecule has 0 radical (unpaired) electrons. The maximum absolute atomic E-state index is 13.4. The van der Waals surface area contributed by atoms with Gasteiger partial charge >= 0.3 is 5.69 Å². The van der Waals surface area contributed by atoms with Crippen LogP contribution < -0.4 is 16.0 Å². The molecule has 2 aromatic heterocycles. The smallest absolute Gasteiger partial charge is 0.337 e. The van der Waals surface area contributed by atoms with Crippen molar-refractivity contribution in [2.45, 2.75) is 26.9 Å². The molecule has 0 aliphatic carbocycles. The van der Waals surface area contributed by atoms with E-state index in [0.29, 0.717) is 40.7 Å². The second kappa shape index (κ2) is 8.43. The molecule has 0 spiro atoms.